The van der Waals surface area contributed by atoms with Crippen molar-refractivity contribution >= 4 is 23.6 Å². The molecule has 4 amide bonds. The molecule has 0 radical (unpaired) electrons. The molecule has 5 atom stereocenters. The summed E-state index contributed by atoms with van der Waals surface area (Å²) >= 11 is 0. The molecule has 6 nitrogen and oxygen atoms in total. The van der Waals surface area contributed by atoms with Gasteiger partial charge >= 0.3 is 0 Å². The van der Waals surface area contributed by atoms with Crippen LogP contribution in [0.15, 0.2) is 24.3 Å². The maximum Gasteiger partial charge on any atom is 0.253 e. The third-order valence-corrected chi connectivity index (χ3v) is 7.42. The highest BCUT2D eigenvalue weighted by molar-refractivity contribution is 6.13. The van der Waals surface area contributed by atoms with Crippen LogP contribution in [-0.2, 0) is 19.2 Å². The number of nitrogens with zero attached hydrogens (tertiary/aromatic N) is 2. The second kappa shape index (κ2) is 7.64. The van der Waals surface area contributed by atoms with E-state index in [1.807, 2.05) is 0 Å². The van der Waals surface area contributed by atoms with Crippen molar-refractivity contribution in [3.8, 4) is 0 Å². The summed E-state index contributed by atoms with van der Waals surface area (Å²) in [5.41, 5.74) is 0. The first-order valence-corrected chi connectivity index (χ1v) is 10.6. The van der Waals surface area contributed by atoms with E-state index in [0.29, 0.717) is 42.7 Å². The third kappa shape index (κ3) is 3.23. The molecular weight excluding hydrogens is 356 g/mol. The van der Waals surface area contributed by atoms with Gasteiger partial charge in [-0.1, -0.05) is 19.8 Å². The number of rotatable bonds is 8. The summed E-state index contributed by atoms with van der Waals surface area (Å²) in [5, 5.41) is 0. The van der Waals surface area contributed by atoms with Crippen LogP contribution in [0.4, 0.5) is 0 Å². The van der Waals surface area contributed by atoms with Gasteiger partial charge in [0.05, 0.1) is 0 Å². The number of amides is 4. The molecule has 0 aromatic heterocycles. The number of unbranched alkanes of at least 4 members (excludes halogenated alkanes) is 1. The maximum absolute atomic E-state index is 12.0. The van der Waals surface area contributed by atoms with Crippen LogP contribution in [0, 0.1) is 29.6 Å². The number of imide groups is 2. The average molecular weight is 384 g/mol. The molecule has 28 heavy (non-hydrogen) atoms. The monoisotopic (exact) mass is 384 g/mol. The number of hydrogen-bond donors (Lipinski definition) is 0. The van der Waals surface area contributed by atoms with Crippen LogP contribution in [0.5, 0.6) is 0 Å². The van der Waals surface area contributed by atoms with E-state index in [4.69, 9.17) is 0 Å². The zero-order chi connectivity index (χ0) is 19.8. The van der Waals surface area contributed by atoms with Crippen LogP contribution in [0.1, 0.15) is 45.4 Å². The Kier molecular flexibility index (Phi) is 5.21. The fourth-order valence-electron chi connectivity index (χ4n) is 6.26. The fraction of sp³-hybridized carbons (Fsp3) is 0.636. The van der Waals surface area contributed by atoms with Crippen molar-refractivity contribution in [3.05, 3.63) is 24.3 Å². The highest BCUT2D eigenvalue weighted by Gasteiger charge is 2.53. The largest absolute Gasteiger partial charge is 0.275 e. The molecule has 2 aliphatic heterocycles. The summed E-state index contributed by atoms with van der Waals surface area (Å²) in [4.78, 5) is 50.0. The molecule has 2 aliphatic carbocycles. The first kappa shape index (κ1) is 19.1. The maximum atomic E-state index is 12.0. The van der Waals surface area contributed by atoms with Gasteiger partial charge in [0.15, 0.2) is 0 Å². The van der Waals surface area contributed by atoms with Gasteiger partial charge in [0.1, 0.15) is 0 Å². The van der Waals surface area contributed by atoms with E-state index in [1.165, 1.54) is 46.9 Å². The Hall–Kier alpha value is -2.24. The Balaban J connectivity index is 1.33. The molecule has 150 valence electrons. The Labute approximate surface area is 165 Å². The average Bonchev–Trinajstić information content (AvgIpc) is 3.40. The van der Waals surface area contributed by atoms with Crippen LogP contribution in [-0.4, -0.2) is 46.5 Å². The summed E-state index contributed by atoms with van der Waals surface area (Å²) in [6, 6.07) is 0. The van der Waals surface area contributed by atoms with Crippen LogP contribution < -0.4 is 0 Å². The topological polar surface area (TPSA) is 74.8 Å². The first-order valence-electron chi connectivity index (χ1n) is 10.6. The molecule has 0 spiro atoms. The second-order valence-corrected chi connectivity index (χ2v) is 8.58. The number of carbonyl (C=O) groups is 4. The molecule has 2 heterocycles. The lowest BCUT2D eigenvalue weighted by molar-refractivity contribution is -0.139. The summed E-state index contributed by atoms with van der Waals surface area (Å²) < 4.78 is 0. The zero-order valence-corrected chi connectivity index (χ0v) is 16.4. The lowest BCUT2D eigenvalue weighted by Crippen LogP contribution is -2.36. The predicted octanol–water partition coefficient (Wildman–Crippen LogP) is 2.31. The smallest absolute Gasteiger partial charge is 0.253 e. The summed E-state index contributed by atoms with van der Waals surface area (Å²) in [7, 11) is 0. The minimum atomic E-state index is -0.204. The molecule has 6 heteroatoms. The Bertz CT molecular complexity index is 720. The lowest BCUT2D eigenvalue weighted by Gasteiger charge is -2.30. The zero-order valence-electron chi connectivity index (χ0n) is 16.4. The van der Waals surface area contributed by atoms with Gasteiger partial charge in [-0.3, -0.25) is 29.0 Å². The number of carbonyl (C=O) groups excluding carboxylic acids is 4. The van der Waals surface area contributed by atoms with Crippen LogP contribution in [0.3, 0.4) is 0 Å². The second-order valence-electron chi connectivity index (χ2n) is 8.58. The molecule has 2 fully saturated rings. The Morgan fingerprint density at radius 1 is 0.750 bits per heavy atom. The van der Waals surface area contributed by atoms with Crippen LogP contribution >= 0.6 is 0 Å². The minimum absolute atomic E-state index is 0.172. The minimum Gasteiger partial charge on any atom is -0.275 e. The van der Waals surface area contributed by atoms with Crippen molar-refractivity contribution in [1.82, 2.24) is 9.80 Å². The third-order valence-electron chi connectivity index (χ3n) is 7.42. The molecule has 0 aromatic carbocycles. The van der Waals surface area contributed by atoms with Gasteiger partial charge < -0.3 is 0 Å². The van der Waals surface area contributed by atoms with Crippen LogP contribution in [0.25, 0.3) is 0 Å². The molecule has 4 aliphatic rings. The SMILES string of the molecule is CCC1C(CCCCN2C(=O)C=CC2=O)C2CCC1C2CN1C(=O)C=CC1=O. The highest BCUT2D eigenvalue weighted by atomic mass is 16.2. The van der Waals surface area contributed by atoms with Gasteiger partial charge in [-0.15, -0.1) is 0 Å². The van der Waals surface area contributed by atoms with Gasteiger partial charge in [0.2, 0.25) is 0 Å². The summed E-state index contributed by atoms with van der Waals surface area (Å²) in [6.07, 6.45) is 11.9. The highest BCUT2D eigenvalue weighted by Crippen LogP contribution is 2.58. The lowest BCUT2D eigenvalue weighted by atomic mass is 9.75. The van der Waals surface area contributed by atoms with Crippen molar-refractivity contribution in [1.29, 1.82) is 0 Å². The normalized spacial score (nSPS) is 34.0. The molecule has 2 bridgehead atoms. The van der Waals surface area contributed by atoms with Gasteiger partial charge in [-0.05, 0) is 55.3 Å². The van der Waals surface area contributed by atoms with E-state index < -0.39 is 0 Å². The molecular formula is C22H28N2O4. The number of hydrogen-bond acceptors (Lipinski definition) is 4. The quantitative estimate of drug-likeness (QED) is 0.475. The van der Waals surface area contributed by atoms with Crippen molar-refractivity contribution in [3.63, 3.8) is 0 Å². The standard InChI is InChI=1S/C22H28N2O4/c1-2-14-15(5-3-4-12-23-19(25)8-9-20(23)26)17-7-6-16(14)18(17)13-24-21(27)10-11-22(24)28/h8-11,14-18H,2-7,12-13H2,1H3. The van der Waals surface area contributed by atoms with E-state index in [1.54, 1.807) is 0 Å². The van der Waals surface area contributed by atoms with Gasteiger partial charge in [-0.2, -0.15) is 0 Å². The predicted molar refractivity (Wildman–Crippen MR) is 103 cm³/mol. The van der Waals surface area contributed by atoms with Crippen molar-refractivity contribution in [2.45, 2.75) is 45.4 Å². The van der Waals surface area contributed by atoms with Gasteiger partial charge in [-0.25, -0.2) is 0 Å². The van der Waals surface area contributed by atoms with E-state index in [0.717, 1.165) is 25.7 Å². The van der Waals surface area contributed by atoms with Crippen molar-refractivity contribution < 1.29 is 19.2 Å². The molecule has 0 aromatic rings. The van der Waals surface area contributed by atoms with Crippen molar-refractivity contribution in [2.75, 3.05) is 13.1 Å². The molecule has 4 rings (SSSR count). The van der Waals surface area contributed by atoms with Gasteiger partial charge in [0, 0.05) is 37.4 Å². The van der Waals surface area contributed by atoms with E-state index in [2.05, 4.69) is 6.92 Å². The summed E-state index contributed by atoms with van der Waals surface area (Å²) in [6.45, 7) is 3.31. The summed E-state index contributed by atoms with van der Waals surface area (Å²) in [5.74, 6) is 2.13. The molecule has 2 saturated carbocycles. The van der Waals surface area contributed by atoms with Crippen LogP contribution in [0.2, 0.25) is 0 Å². The Morgan fingerprint density at radius 2 is 1.29 bits per heavy atom. The fourth-order valence-corrected chi connectivity index (χ4v) is 6.26. The molecule has 5 unspecified atom stereocenters. The van der Waals surface area contributed by atoms with E-state index in [9.17, 15) is 19.2 Å². The Morgan fingerprint density at radius 3 is 1.86 bits per heavy atom. The molecule has 0 N–H and O–H groups in total. The van der Waals surface area contributed by atoms with Crippen molar-refractivity contribution in [2.24, 2.45) is 29.6 Å². The van der Waals surface area contributed by atoms with E-state index in [-0.39, 0.29) is 23.6 Å². The molecule has 0 saturated heterocycles. The first-order chi connectivity index (χ1) is 13.5. The van der Waals surface area contributed by atoms with E-state index >= 15 is 0 Å². The van der Waals surface area contributed by atoms with Gasteiger partial charge in [0.25, 0.3) is 23.6 Å². The number of fused-ring (bicyclic) bond motifs is 2.